The highest BCUT2D eigenvalue weighted by Gasteiger charge is 2.25. The summed E-state index contributed by atoms with van der Waals surface area (Å²) < 4.78 is 5.54. The Hall–Kier alpha value is -0.970. The number of hydrogen-bond donors (Lipinski definition) is 2. The SMILES string of the molecule is Cc1cc(C(NN)C2CCCOC2)cc(C)n1. The Morgan fingerprint density at radius 2 is 2.12 bits per heavy atom. The van der Waals surface area contributed by atoms with E-state index in [9.17, 15) is 0 Å². The number of hydrogen-bond acceptors (Lipinski definition) is 4. The highest BCUT2D eigenvalue weighted by Crippen LogP contribution is 2.28. The molecule has 1 saturated heterocycles. The van der Waals surface area contributed by atoms with Crippen LogP contribution in [0, 0.1) is 19.8 Å². The van der Waals surface area contributed by atoms with Crippen LogP contribution in [0.1, 0.15) is 35.8 Å². The van der Waals surface area contributed by atoms with Gasteiger partial charge in [-0.05, 0) is 44.4 Å². The molecule has 0 aliphatic carbocycles. The number of aryl methyl sites for hydroxylation is 2. The molecule has 0 radical (unpaired) electrons. The lowest BCUT2D eigenvalue weighted by Gasteiger charge is -2.30. The zero-order valence-corrected chi connectivity index (χ0v) is 10.6. The van der Waals surface area contributed by atoms with Crippen LogP contribution in [0.15, 0.2) is 12.1 Å². The summed E-state index contributed by atoms with van der Waals surface area (Å²) in [5.41, 5.74) is 6.23. The summed E-state index contributed by atoms with van der Waals surface area (Å²) in [6.45, 7) is 5.69. The Balaban J connectivity index is 2.21. The Bertz CT molecular complexity index is 355. The minimum Gasteiger partial charge on any atom is -0.381 e. The molecule has 1 aliphatic heterocycles. The van der Waals surface area contributed by atoms with Crippen molar-refractivity contribution in [2.24, 2.45) is 11.8 Å². The number of rotatable bonds is 3. The lowest BCUT2D eigenvalue weighted by molar-refractivity contribution is 0.0390. The van der Waals surface area contributed by atoms with Gasteiger partial charge < -0.3 is 4.74 Å². The molecular formula is C13H21N3O. The highest BCUT2D eigenvalue weighted by atomic mass is 16.5. The van der Waals surface area contributed by atoms with Crippen molar-refractivity contribution in [2.45, 2.75) is 32.7 Å². The minimum absolute atomic E-state index is 0.163. The number of nitrogens with zero attached hydrogens (tertiary/aromatic N) is 1. The number of ether oxygens (including phenoxy) is 1. The van der Waals surface area contributed by atoms with Gasteiger partial charge in [0.2, 0.25) is 0 Å². The standard InChI is InChI=1S/C13H21N3O/c1-9-6-12(7-10(2)15-9)13(16-14)11-4-3-5-17-8-11/h6-7,11,13,16H,3-5,8,14H2,1-2H3. The first-order valence-electron chi connectivity index (χ1n) is 6.20. The lowest BCUT2D eigenvalue weighted by Crippen LogP contribution is -2.37. The van der Waals surface area contributed by atoms with Crippen molar-refractivity contribution >= 4 is 0 Å². The first kappa shape index (κ1) is 12.5. The number of aromatic nitrogens is 1. The van der Waals surface area contributed by atoms with E-state index >= 15 is 0 Å². The van der Waals surface area contributed by atoms with Gasteiger partial charge in [0.1, 0.15) is 0 Å². The predicted octanol–water partition coefficient (Wildman–Crippen LogP) is 1.63. The molecule has 0 spiro atoms. The fraction of sp³-hybridized carbons (Fsp3) is 0.615. The molecular weight excluding hydrogens is 214 g/mol. The molecule has 2 rings (SSSR count). The molecule has 17 heavy (non-hydrogen) atoms. The number of pyridine rings is 1. The zero-order valence-electron chi connectivity index (χ0n) is 10.6. The summed E-state index contributed by atoms with van der Waals surface area (Å²) in [5, 5.41) is 0. The highest BCUT2D eigenvalue weighted by molar-refractivity contribution is 5.24. The first-order chi connectivity index (χ1) is 8.20. The van der Waals surface area contributed by atoms with Crippen LogP contribution in [0.25, 0.3) is 0 Å². The Kier molecular flexibility index (Phi) is 4.10. The molecule has 1 aromatic heterocycles. The van der Waals surface area contributed by atoms with Crippen LogP contribution < -0.4 is 11.3 Å². The summed E-state index contributed by atoms with van der Waals surface area (Å²) in [6, 6.07) is 4.37. The molecule has 3 N–H and O–H groups in total. The van der Waals surface area contributed by atoms with E-state index < -0.39 is 0 Å². The average Bonchev–Trinajstić information content (AvgIpc) is 2.30. The quantitative estimate of drug-likeness (QED) is 0.617. The van der Waals surface area contributed by atoms with Crippen LogP contribution in [0.2, 0.25) is 0 Å². The molecule has 2 heterocycles. The maximum absolute atomic E-state index is 5.71. The normalized spacial score (nSPS) is 22.4. The molecule has 4 heteroatoms. The fourth-order valence-corrected chi connectivity index (χ4v) is 2.58. The van der Waals surface area contributed by atoms with Crippen molar-refractivity contribution in [1.29, 1.82) is 0 Å². The molecule has 0 bridgehead atoms. The van der Waals surface area contributed by atoms with E-state index in [1.165, 1.54) is 5.56 Å². The topological polar surface area (TPSA) is 60.2 Å². The molecule has 0 saturated carbocycles. The fourth-order valence-electron chi connectivity index (χ4n) is 2.58. The maximum atomic E-state index is 5.71. The van der Waals surface area contributed by atoms with Crippen LogP contribution in [-0.4, -0.2) is 18.2 Å². The molecule has 1 aromatic rings. The van der Waals surface area contributed by atoms with Crippen LogP contribution in [-0.2, 0) is 4.74 Å². The van der Waals surface area contributed by atoms with Crippen molar-refractivity contribution in [3.63, 3.8) is 0 Å². The molecule has 0 amide bonds. The van der Waals surface area contributed by atoms with Gasteiger partial charge in [0.05, 0.1) is 12.6 Å². The monoisotopic (exact) mass is 235 g/mol. The van der Waals surface area contributed by atoms with E-state index in [0.29, 0.717) is 5.92 Å². The number of nitrogens with one attached hydrogen (secondary N) is 1. The van der Waals surface area contributed by atoms with E-state index in [0.717, 1.165) is 37.4 Å². The van der Waals surface area contributed by atoms with Gasteiger partial charge in [0, 0.05) is 23.9 Å². The summed E-state index contributed by atoms with van der Waals surface area (Å²) >= 11 is 0. The minimum atomic E-state index is 0.163. The van der Waals surface area contributed by atoms with E-state index in [-0.39, 0.29) is 6.04 Å². The van der Waals surface area contributed by atoms with Crippen LogP contribution in [0.5, 0.6) is 0 Å². The average molecular weight is 235 g/mol. The summed E-state index contributed by atoms with van der Waals surface area (Å²) in [6.07, 6.45) is 2.28. The van der Waals surface area contributed by atoms with Crippen LogP contribution in [0.4, 0.5) is 0 Å². The summed E-state index contributed by atoms with van der Waals surface area (Å²) in [7, 11) is 0. The Morgan fingerprint density at radius 1 is 1.41 bits per heavy atom. The van der Waals surface area contributed by atoms with Gasteiger partial charge in [-0.3, -0.25) is 16.3 Å². The van der Waals surface area contributed by atoms with Gasteiger partial charge >= 0.3 is 0 Å². The van der Waals surface area contributed by atoms with Gasteiger partial charge in [-0.1, -0.05) is 0 Å². The third-order valence-corrected chi connectivity index (χ3v) is 3.31. The Morgan fingerprint density at radius 3 is 2.65 bits per heavy atom. The number of hydrazine groups is 1. The van der Waals surface area contributed by atoms with Gasteiger partial charge in [-0.15, -0.1) is 0 Å². The predicted molar refractivity (Wildman–Crippen MR) is 67.3 cm³/mol. The van der Waals surface area contributed by atoms with Gasteiger partial charge in [0.15, 0.2) is 0 Å². The van der Waals surface area contributed by atoms with Crippen LogP contribution >= 0.6 is 0 Å². The molecule has 4 nitrogen and oxygen atoms in total. The third-order valence-electron chi connectivity index (χ3n) is 3.31. The molecule has 2 unspecified atom stereocenters. The van der Waals surface area contributed by atoms with Crippen molar-refractivity contribution in [3.8, 4) is 0 Å². The smallest absolute Gasteiger partial charge is 0.0513 e. The zero-order chi connectivity index (χ0) is 12.3. The largest absolute Gasteiger partial charge is 0.381 e. The van der Waals surface area contributed by atoms with Crippen molar-refractivity contribution < 1.29 is 4.74 Å². The van der Waals surface area contributed by atoms with E-state index in [4.69, 9.17) is 10.6 Å². The van der Waals surface area contributed by atoms with Crippen molar-refractivity contribution in [2.75, 3.05) is 13.2 Å². The summed E-state index contributed by atoms with van der Waals surface area (Å²) in [4.78, 5) is 4.40. The Labute approximate surface area is 103 Å². The molecule has 94 valence electrons. The molecule has 2 atom stereocenters. The molecule has 0 aromatic carbocycles. The van der Waals surface area contributed by atoms with E-state index in [1.54, 1.807) is 0 Å². The second kappa shape index (κ2) is 5.58. The lowest BCUT2D eigenvalue weighted by atomic mass is 9.89. The van der Waals surface area contributed by atoms with Crippen molar-refractivity contribution in [1.82, 2.24) is 10.4 Å². The third kappa shape index (κ3) is 3.03. The van der Waals surface area contributed by atoms with Gasteiger partial charge in [-0.2, -0.15) is 0 Å². The van der Waals surface area contributed by atoms with E-state index in [1.807, 2.05) is 13.8 Å². The van der Waals surface area contributed by atoms with E-state index in [2.05, 4.69) is 22.5 Å². The van der Waals surface area contributed by atoms with Gasteiger partial charge in [0.25, 0.3) is 0 Å². The second-order valence-corrected chi connectivity index (χ2v) is 4.80. The van der Waals surface area contributed by atoms with Crippen molar-refractivity contribution in [3.05, 3.63) is 29.1 Å². The number of nitrogens with two attached hydrogens (primary N) is 1. The molecule has 1 fully saturated rings. The molecule has 1 aliphatic rings. The van der Waals surface area contributed by atoms with Gasteiger partial charge in [-0.25, -0.2) is 0 Å². The first-order valence-corrected chi connectivity index (χ1v) is 6.20. The second-order valence-electron chi connectivity index (χ2n) is 4.80. The summed E-state index contributed by atoms with van der Waals surface area (Å²) in [5.74, 6) is 6.16. The van der Waals surface area contributed by atoms with Crippen LogP contribution in [0.3, 0.4) is 0 Å². The maximum Gasteiger partial charge on any atom is 0.0513 e.